The second-order valence-electron chi connectivity index (χ2n) is 4.93. The molecular formula is C14H25NO3. The zero-order chi connectivity index (χ0) is 14.0. The van der Waals surface area contributed by atoms with Crippen molar-refractivity contribution >= 4 is 5.97 Å². The van der Waals surface area contributed by atoms with Gasteiger partial charge in [-0.05, 0) is 32.6 Å². The van der Waals surface area contributed by atoms with E-state index in [1.54, 1.807) is 6.92 Å². The van der Waals surface area contributed by atoms with E-state index in [1.165, 1.54) is 0 Å². The van der Waals surface area contributed by atoms with Crippen LogP contribution < -0.4 is 0 Å². The van der Waals surface area contributed by atoms with Gasteiger partial charge in [-0.3, -0.25) is 4.79 Å². The van der Waals surface area contributed by atoms with Gasteiger partial charge in [0.2, 0.25) is 0 Å². The van der Waals surface area contributed by atoms with E-state index >= 15 is 0 Å². The smallest absolute Gasteiger partial charge is 0.305 e. The number of rotatable bonds is 9. The van der Waals surface area contributed by atoms with Crippen molar-refractivity contribution in [2.75, 3.05) is 19.8 Å². The van der Waals surface area contributed by atoms with Gasteiger partial charge in [0.1, 0.15) is 0 Å². The summed E-state index contributed by atoms with van der Waals surface area (Å²) >= 11 is 0. The molecule has 0 aliphatic carbocycles. The standard InChI is InChI=1S/C14H25NO3/c1-5-17-11-14(10-15,9-12(3)4)8-7-13(16)18-6-2/h12H,5-9,11H2,1-4H3. The van der Waals surface area contributed by atoms with Crippen molar-refractivity contribution < 1.29 is 14.3 Å². The SMILES string of the molecule is CCOCC(C#N)(CCC(=O)OCC)CC(C)C. The van der Waals surface area contributed by atoms with Gasteiger partial charge in [-0.2, -0.15) is 5.26 Å². The quantitative estimate of drug-likeness (QED) is 0.594. The Morgan fingerprint density at radius 1 is 1.33 bits per heavy atom. The maximum Gasteiger partial charge on any atom is 0.305 e. The molecule has 0 aromatic carbocycles. The number of ether oxygens (including phenoxy) is 2. The molecule has 0 radical (unpaired) electrons. The van der Waals surface area contributed by atoms with Crippen LogP contribution in [0.1, 0.15) is 47.0 Å². The van der Waals surface area contributed by atoms with Gasteiger partial charge in [0.05, 0.1) is 24.7 Å². The molecule has 0 aliphatic rings. The van der Waals surface area contributed by atoms with Crippen LogP contribution in [0.2, 0.25) is 0 Å². The number of carbonyl (C=O) groups is 1. The van der Waals surface area contributed by atoms with Crippen molar-refractivity contribution in [3.8, 4) is 6.07 Å². The van der Waals surface area contributed by atoms with E-state index in [2.05, 4.69) is 19.9 Å². The molecule has 0 amide bonds. The average Bonchev–Trinajstić information content (AvgIpc) is 2.33. The maximum absolute atomic E-state index is 11.4. The number of hydrogen-bond acceptors (Lipinski definition) is 4. The maximum atomic E-state index is 11.4. The number of nitriles is 1. The van der Waals surface area contributed by atoms with Crippen molar-refractivity contribution in [2.45, 2.75) is 47.0 Å². The highest BCUT2D eigenvalue weighted by Crippen LogP contribution is 2.32. The zero-order valence-electron chi connectivity index (χ0n) is 12.0. The Balaban J connectivity index is 4.53. The fourth-order valence-corrected chi connectivity index (χ4v) is 2.02. The van der Waals surface area contributed by atoms with Crippen LogP contribution in [0.5, 0.6) is 0 Å². The molecule has 1 atom stereocenters. The first-order valence-corrected chi connectivity index (χ1v) is 6.64. The molecule has 0 heterocycles. The van der Waals surface area contributed by atoms with E-state index in [1.807, 2.05) is 6.92 Å². The minimum Gasteiger partial charge on any atom is -0.466 e. The molecule has 0 saturated heterocycles. The number of esters is 1. The monoisotopic (exact) mass is 255 g/mol. The van der Waals surface area contributed by atoms with Gasteiger partial charge in [0.25, 0.3) is 0 Å². The van der Waals surface area contributed by atoms with Gasteiger partial charge >= 0.3 is 5.97 Å². The van der Waals surface area contributed by atoms with Crippen LogP contribution in [-0.2, 0) is 14.3 Å². The Bertz CT molecular complexity index is 283. The molecular weight excluding hydrogens is 230 g/mol. The normalized spacial score (nSPS) is 14.0. The van der Waals surface area contributed by atoms with Crippen LogP contribution in [0, 0.1) is 22.7 Å². The Labute approximate surface area is 110 Å². The van der Waals surface area contributed by atoms with Crippen LogP contribution in [-0.4, -0.2) is 25.8 Å². The lowest BCUT2D eigenvalue weighted by Gasteiger charge is -2.27. The first-order valence-electron chi connectivity index (χ1n) is 6.64. The summed E-state index contributed by atoms with van der Waals surface area (Å²) in [7, 11) is 0. The largest absolute Gasteiger partial charge is 0.466 e. The van der Waals surface area contributed by atoms with E-state index < -0.39 is 5.41 Å². The molecule has 0 N–H and O–H groups in total. The van der Waals surface area contributed by atoms with Gasteiger partial charge < -0.3 is 9.47 Å². The lowest BCUT2D eigenvalue weighted by molar-refractivity contribution is -0.143. The van der Waals surface area contributed by atoms with Gasteiger partial charge in [0, 0.05) is 13.0 Å². The van der Waals surface area contributed by atoms with Gasteiger partial charge in [0.15, 0.2) is 0 Å². The third-order valence-corrected chi connectivity index (χ3v) is 2.73. The molecule has 104 valence electrons. The second-order valence-corrected chi connectivity index (χ2v) is 4.93. The van der Waals surface area contributed by atoms with Crippen LogP contribution in [0.3, 0.4) is 0 Å². The van der Waals surface area contributed by atoms with Gasteiger partial charge in [-0.15, -0.1) is 0 Å². The summed E-state index contributed by atoms with van der Waals surface area (Å²) in [5.41, 5.74) is -0.572. The lowest BCUT2D eigenvalue weighted by Crippen LogP contribution is -2.28. The highest BCUT2D eigenvalue weighted by molar-refractivity contribution is 5.69. The Kier molecular flexibility index (Phi) is 8.40. The Morgan fingerprint density at radius 3 is 2.44 bits per heavy atom. The van der Waals surface area contributed by atoms with Gasteiger partial charge in [-0.1, -0.05) is 13.8 Å². The molecule has 0 saturated carbocycles. The Hall–Kier alpha value is -1.08. The van der Waals surface area contributed by atoms with Crippen LogP contribution in [0.15, 0.2) is 0 Å². The molecule has 4 nitrogen and oxygen atoms in total. The minimum absolute atomic E-state index is 0.239. The number of carbonyl (C=O) groups excluding carboxylic acids is 1. The van der Waals surface area contributed by atoms with E-state index in [4.69, 9.17) is 9.47 Å². The molecule has 1 unspecified atom stereocenters. The summed E-state index contributed by atoms with van der Waals surface area (Å²) in [6, 6.07) is 2.35. The molecule has 0 aromatic heterocycles. The fraction of sp³-hybridized carbons (Fsp3) is 0.857. The molecule has 0 spiro atoms. The van der Waals surface area contributed by atoms with Crippen molar-refractivity contribution in [2.24, 2.45) is 11.3 Å². The second kappa shape index (κ2) is 8.93. The molecule has 0 aliphatic heterocycles. The van der Waals surface area contributed by atoms with E-state index in [-0.39, 0.29) is 12.4 Å². The highest BCUT2D eigenvalue weighted by atomic mass is 16.5. The average molecular weight is 255 g/mol. The van der Waals surface area contributed by atoms with E-state index in [0.29, 0.717) is 32.2 Å². The summed E-state index contributed by atoms with van der Waals surface area (Å²) in [4.78, 5) is 11.4. The van der Waals surface area contributed by atoms with E-state index in [0.717, 1.165) is 6.42 Å². The molecule has 0 bridgehead atoms. The summed E-state index contributed by atoms with van der Waals surface area (Å²) in [5, 5.41) is 9.41. The van der Waals surface area contributed by atoms with E-state index in [9.17, 15) is 10.1 Å². The summed E-state index contributed by atoms with van der Waals surface area (Å²) in [6.45, 7) is 9.18. The highest BCUT2D eigenvalue weighted by Gasteiger charge is 2.32. The first-order chi connectivity index (χ1) is 8.49. The lowest BCUT2D eigenvalue weighted by atomic mass is 9.78. The molecule has 4 heteroatoms. The van der Waals surface area contributed by atoms with Crippen LogP contribution >= 0.6 is 0 Å². The van der Waals surface area contributed by atoms with Crippen LogP contribution in [0.4, 0.5) is 0 Å². The Morgan fingerprint density at radius 2 is 2.00 bits per heavy atom. The van der Waals surface area contributed by atoms with Gasteiger partial charge in [-0.25, -0.2) is 0 Å². The molecule has 0 fully saturated rings. The van der Waals surface area contributed by atoms with Crippen molar-refractivity contribution in [3.05, 3.63) is 0 Å². The molecule has 18 heavy (non-hydrogen) atoms. The van der Waals surface area contributed by atoms with Crippen molar-refractivity contribution in [1.82, 2.24) is 0 Å². The third-order valence-electron chi connectivity index (χ3n) is 2.73. The third kappa shape index (κ3) is 6.61. The number of hydrogen-bond donors (Lipinski definition) is 0. The summed E-state index contributed by atoms with van der Waals surface area (Å²) in [6.07, 6.45) is 1.52. The predicted octanol–water partition coefficient (Wildman–Crippen LogP) is 2.92. The van der Waals surface area contributed by atoms with Crippen molar-refractivity contribution in [1.29, 1.82) is 5.26 Å². The van der Waals surface area contributed by atoms with Crippen LogP contribution in [0.25, 0.3) is 0 Å². The minimum atomic E-state index is -0.572. The zero-order valence-corrected chi connectivity index (χ0v) is 12.0. The fourth-order valence-electron chi connectivity index (χ4n) is 2.02. The summed E-state index contributed by atoms with van der Waals surface area (Å²) in [5.74, 6) is 0.157. The topological polar surface area (TPSA) is 59.3 Å². The first kappa shape index (κ1) is 16.9. The molecule has 0 rings (SSSR count). The summed E-state index contributed by atoms with van der Waals surface area (Å²) < 4.78 is 10.3. The number of nitrogens with zero attached hydrogens (tertiary/aromatic N) is 1. The predicted molar refractivity (Wildman–Crippen MR) is 69.9 cm³/mol. The van der Waals surface area contributed by atoms with Crippen molar-refractivity contribution in [3.63, 3.8) is 0 Å². The molecule has 0 aromatic rings.